The summed E-state index contributed by atoms with van der Waals surface area (Å²) in [6.45, 7) is 10.7. The summed E-state index contributed by atoms with van der Waals surface area (Å²) in [7, 11) is 0. The molecule has 1 saturated heterocycles. The van der Waals surface area contributed by atoms with Crippen molar-refractivity contribution in [1.29, 1.82) is 0 Å². The van der Waals surface area contributed by atoms with E-state index in [0.717, 1.165) is 18.2 Å². The van der Waals surface area contributed by atoms with Crippen molar-refractivity contribution in [3.63, 3.8) is 0 Å². The first-order chi connectivity index (χ1) is 8.47. The van der Waals surface area contributed by atoms with Crippen molar-refractivity contribution >= 4 is 5.69 Å². The summed E-state index contributed by atoms with van der Waals surface area (Å²) in [5.41, 5.74) is 8.19. The van der Waals surface area contributed by atoms with E-state index in [0.29, 0.717) is 0 Å². The van der Waals surface area contributed by atoms with E-state index in [1.165, 1.54) is 31.5 Å². The number of nitrogen functional groups attached to an aromatic ring is 1. The largest absolute Gasteiger partial charge is 0.399 e. The molecule has 1 aliphatic heterocycles. The number of anilines is 1. The molecular formula is C16H26N2. The van der Waals surface area contributed by atoms with Crippen molar-refractivity contribution in [3.05, 3.63) is 29.8 Å². The van der Waals surface area contributed by atoms with Crippen molar-refractivity contribution in [2.75, 3.05) is 25.4 Å². The SMILES string of the molecule is CC1CCCN(CC(C)(C)c2ccc(N)cc2)C1. The Bertz CT molecular complexity index is 381. The summed E-state index contributed by atoms with van der Waals surface area (Å²) >= 11 is 0. The van der Waals surface area contributed by atoms with Gasteiger partial charge in [-0.05, 0) is 43.0 Å². The van der Waals surface area contributed by atoms with E-state index in [2.05, 4.69) is 37.8 Å². The number of rotatable bonds is 3. The van der Waals surface area contributed by atoms with Crippen molar-refractivity contribution < 1.29 is 0 Å². The molecule has 2 N–H and O–H groups in total. The molecule has 1 unspecified atom stereocenters. The van der Waals surface area contributed by atoms with Gasteiger partial charge in [-0.3, -0.25) is 0 Å². The number of nitrogens with zero attached hydrogens (tertiary/aromatic N) is 1. The molecule has 18 heavy (non-hydrogen) atoms. The van der Waals surface area contributed by atoms with Crippen molar-refractivity contribution in [2.24, 2.45) is 5.92 Å². The predicted octanol–water partition coefficient (Wildman–Crippen LogP) is 3.28. The molecular weight excluding hydrogens is 220 g/mol. The number of likely N-dealkylation sites (tertiary alicyclic amines) is 1. The van der Waals surface area contributed by atoms with Crippen LogP contribution in [0.1, 0.15) is 39.2 Å². The Morgan fingerprint density at radius 3 is 2.56 bits per heavy atom. The van der Waals surface area contributed by atoms with E-state index in [4.69, 9.17) is 5.73 Å². The molecule has 1 heterocycles. The second-order valence-electron chi connectivity index (χ2n) is 6.49. The van der Waals surface area contributed by atoms with Crippen LogP contribution in [0.2, 0.25) is 0 Å². The van der Waals surface area contributed by atoms with Gasteiger partial charge in [-0.15, -0.1) is 0 Å². The number of piperidine rings is 1. The Balaban J connectivity index is 2.04. The number of nitrogens with two attached hydrogens (primary N) is 1. The lowest BCUT2D eigenvalue weighted by atomic mass is 9.83. The van der Waals surface area contributed by atoms with Crippen LogP contribution in [0.15, 0.2) is 24.3 Å². The quantitative estimate of drug-likeness (QED) is 0.829. The molecule has 1 aromatic rings. The lowest BCUT2D eigenvalue weighted by Crippen LogP contribution is -2.42. The standard InChI is InChI=1S/C16H26N2/c1-13-5-4-10-18(11-13)12-16(2,3)14-6-8-15(17)9-7-14/h6-9,13H,4-5,10-12,17H2,1-3H3. The van der Waals surface area contributed by atoms with Crippen LogP contribution in [0.3, 0.4) is 0 Å². The van der Waals surface area contributed by atoms with E-state index >= 15 is 0 Å². The zero-order valence-electron chi connectivity index (χ0n) is 11.9. The first-order valence-electron chi connectivity index (χ1n) is 7.06. The van der Waals surface area contributed by atoms with Crippen LogP contribution >= 0.6 is 0 Å². The zero-order valence-corrected chi connectivity index (χ0v) is 11.9. The van der Waals surface area contributed by atoms with E-state index in [9.17, 15) is 0 Å². The zero-order chi connectivity index (χ0) is 13.2. The first kappa shape index (κ1) is 13.4. The molecule has 0 radical (unpaired) electrons. The third-order valence-electron chi connectivity index (χ3n) is 4.05. The Kier molecular flexibility index (Phi) is 3.96. The Morgan fingerprint density at radius 1 is 1.28 bits per heavy atom. The normalized spacial score (nSPS) is 22.1. The van der Waals surface area contributed by atoms with Crippen LogP contribution in [0.5, 0.6) is 0 Å². The van der Waals surface area contributed by atoms with Gasteiger partial charge in [-0.25, -0.2) is 0 Å². The highest BCUT2D eigenvalue weighted by Crippen LogP contribution is 2.27. The molecule has 0 amide bonds. The first-order valence-corrected chi connectivity index (χ1v) is 7.06. The van der Waals surface area contributed by atoms with E-state index < -0.39 is 0 Å². The molecule has 1 aliphatic rings. The van der Waals surface area contributed by atoms with Gasteiger partial charge in [-0.2, -0.15) is 0 Å². The molecule has 0 saturated carbocycles. The highest BCUT2D eigenvalue weighted by atomic mass is 15.1. The molecule has 100 valence electrons. The molecule has 1 fully saturated rings. The minimum Gasteiger partial charge on any atom is -0.399 e. The molecule has 1 atom stereocenters. The van der Waals surface area contributed by atoms with E-state index in [1.54, 1.807) is 0 Å². The van der Waals surface area contributed by atoms with Crippen molar-refractivity contribution in [1.82, 2.24) is 4.90 Å². The second-order valence-corrected chi connectivity index (χ2v) is 6.49. The fraction of sp³-hybridized carbons (Fsp3) is 0.625. The third-order valence-corrected chi connectivity index (χ3v) is 4.05. The fourth-order valence-corrected chi connectivity index (χ4v) is 3.01. The minimum atomic E-state index is 0.199. The monoisotopic (exact) mass is 246 g/mol. The smallest absolute Gasteiger partial charge is 0.0314 e. The van der Waals surface area contributed by atoms with Gasteiger partial charge in [-0.1, -0.05) is 32.9 Å². The van der Waals surface area contributed by atoms with Gasteiger partial charge >= 0.3 is 0 Å². The maximum atomic E-state index is 5.76. The molecule has 0 aliphatic carbocycles. The van der Waals surface area contributed by atoms with Crippen LogP contribution in [0.4, 0.5) is 5.69 Å². The van der Waals surface area contributed by atoms with Gasteiger partial charge in [0.15, 0.2) is 0 Å². The summed E-state index contributed by atoms with van der Waals surface area (Å²) in [5, 5.41) is 0. The number of benzene rings is 1. The van der Waals surface area contributed by atoms with Crippen molar-refractivity contribution in [3.8, 4) is 0 Å². The van der Waals surface area contributed by atoms with Gasteiger partial charge in [0, 0.05) is 24.2 Å². The van der Waals surface area contributed by atoms with Crippen LogP contribution in [-0.4, -0.2) is 24.5 Å². The van der Waals surface area contributed by atoms with Gasteiger partial charge < -0.3 is 10.6 Å². The summed E-state index contributed by atoms with van der Waals surface area (Å²) in [4.78, 5) is 2.62. The Morgan fingerprint density at radius 2 is 1.94 bits per heavy atom. The molecule has 1 aromatic carbocycles. The van der Waals surface area contributed by atoms with Gasteiger partial charge in [0.25, 0.3) is 0 Å². The highest BCUT2D eigenvalue weighted by Gasteiger charge is 2.26. The maximum absolute atomic E-state index is 5.76. The predicted molar refractivity (Wildman–Crippen MR) is 78.7 cm³/mol. The number of hydrogen-bond acceptors (Lipinski definition) is 2. The van der Waals surface area contributed by atoms with Gasteiger partial charge in [0.1, 0.15) is 0 Å². The average Bonchev–Trinajstić information content (AvgIpc) is 2.29. The number of hydrogen-bond donors (Lipinski definition) is 1. The fourth-order valence-electron chi connectivity index (χ4n) is 3.01. The lowest BCUT2D eigenvalue weighted by Gasteiger charge is -2.37. The van der Waals surface area contributed by atoms with Crippen LogP contribution in [-0.2, 0) is 5.41 Å². The summed E-state index contributed by atoms with van der Waals surface area (Å²) in [6, 6.07) is 8.36. The Labute approximate surface area is 111 Å². The maximum Gasteiger partial charge on any atom is 0.0314 e. The highest BCUT2D eigenvalue weighted by molar-refractivity contribution is 5.41. The topological polar surface area (TPSA) is 29.3 Å². The average molecular weight is 246 g/mol. The third kappa shape index (κ3) is 3.26. The van der Waals surface area contributed by atoms with E-state index in [1.807, 2.05) is 12.1 Å². The molecule has 2 heteroatoms. The van der Waals surface area contributed by atoms with Crippen molar-refractivity contribution in [2.45, 2.75) is 39.0 Å². The molecule has 0 spiro atoms. The molecule has 0 bridgehead atoms. The summed E-state index contributed by atoms with van der Waals surface area (Å²) in [6.07, 6.45) is 2.73. The molecule has 2 nitrogen and oxygen atoms in total. The van der Waals surface area contributed by atoms with Crippen LogP contribution in [0.25, 0.3) is 0 Å². The Hall–Kier alpha value is -1.02. The summed E-state index contributed by atoms with van der Waals surface area (Å²) in [5.74, 6) is 0.848. The lowest BCUT2D eigenvalue weighted by molar-refractivity contribution is 0.154. The van der Waals surface area contributed by atoms with E-state index in [-0.39, 0.29) is 5.41 Å². The van der Waals surface area contributed by atoms with Gasteiger partial charge in [0.05, 0.1) is 0 Å². The molecule has 2 rings (SSSR count). The second kappa shape index (κ2) is 5.31. The van der Waals surface area contributed by atoms with Gasteiger partial charge in [0.2, 0.25) is 0 Å². The van der Waals surface area contributed by atoms with Crippen LogP contribution in [0, 0.1) is 5.92 Å². The summed E-state index contributed by atoms with van der Waals surface area (Å²) < 4.78 is 0. The van der Waals surface area contributed by atoms with Crippen LogP contribution < -0.4 is 5.73 Å². The molecule has 0 aromatic heterocycles. The minimum absolute atomic E-state index is 0.199.